The summed E-state index contributed by atoms with van der Waals surface area (Å²) in [6.07, 6.45) is 0.201. The highest BCUT2D eigenvalue weighted by Crippen LogP contribution is 2.09. The van der Waals surface area contributed by atoms with Gasteiger partial charge in [-0.2, -0.15) is 0 Å². The van der Waals surface area contributed by atoms with Gasteiger partial charge in [-0.25, -0.2) is 0 Å². The Hall–Kier alpha value is -2.82. The number of anilines is 1. The summed E-state index contributed by atoms with van der Waals surface area (Å²) < 4.78 is 5.43. The number of aryl methyl sites for hydroxylation is 1. The molecule has 0 fully saturated rings. The van der Waals surface area contributed by atoms with E-state index in [2.05, 4.69) is 10.6 Å². The zero-order valence-electron chi connectivity index (χ0n) is 13.0. The molecule has 2 amide bonds. The second-order valence-electron chi connectivity index (χ2n) is 5.11. The lowest BCUT2D eigenvalue weighted by Crippen LogP contribution is -2.33. The van der Waals surface area contributed by atoms with E-state index in [1.165, 1.54) is 0 Å². The van der Waals surface area contributed by atoms with Gasteiger partial charge in [-0.3, -0.25) is 9.59 Å². The molecule has 2 aromatic rings. The van der Waals surface area contributed by atoms with Crippen LogP contribution >= 0.6 is 0 Å². The topological polar surface area (TPSA) is 67.4 Å². The number of nitrogens with one attached hydrogen (secondary N) is 2. The van der Waals surface area contributed by atoms with E-state index in [-0.39, 0.29) is 31.4 Å². The Balaban J connectivity index is 1.65. The summed E-state index contributed by atoms with van der Waals surface area (Å²) in [6, 6.07) is 16.8. The fourth-order valence-electron chi connectivity index (χ4n) is 1.97. The number of para-hydroxylation sites is 1. The molecule has 2 aromatic carbocycles. The molecule has 0 aromatic heterocycles. The Morgan fingerprint density at radius 3 is 2.52 bits per heavy atom. The number of ether oxygens (including phenoxy) is 1. The van der Waals surface area contributed by atoms with Crippen molar-refractivity contribution in [3.8, 4) is 5.75 Å². The Bertz CT molecular complexity index is 656. The number of rotatable bonds is 7. The number of benzene rings is 2. The van der Waals surface area contributed by atoms with Crippen molar-refractivity contribution in [3.63, 3.8) is 0 Å². The minimum absolute atomic E-state index is 0.0574. The minimum atomic E-state index is -0.257. The van der Waals surface area contributed by atoms with Crippen LogP contribution in [0.3, 0.4) is 0 Å². The third-order valence-electron chi connectivity index (χ3n) is 3.09. The summed E-state index contributed by atoms with van der Waals surface area (Å²) in [7, 11) is 0. The van der Waals surface area contributed by atoms with Crippen molar-refractivity contribution in [3.05, 3.63) is 60.2 Å². The zero-order valence-corrected chi connectivity index (χ0v) is 13.0. The Morgan fingerprint density at radius 2 is 1.78 bits per heavy atom. The van der Waals surface area contributed by atoms with E-state index in [1.807, 2.05) is 55.5 Å². The summed E-state index contributed by atoms with van der Waals surface area (Å²) >= 11 is 0. The molecule has 2 N–H and O–H groups in total. The summed E-state index contributed by atoms with van der Waals surface area (Å²) in [6.45, 7) is 2.16. The number of carbonyl (C=O) groups is 2. The van der Waals surface area contributed by atoms with Gasteiger partial charge in [0.25, 0.3) is 0 Å². The largest absolute Gasteiger partial charge is 0.493 e. The highest BCUT2D eigenvalue weighted by atomic mass is 16.5. The van der Waals surface area contributed by atoms with E-state index in [4.69, 9.17) is 4.74 Å². The van der Waals surface area contributed by atoms with E-state index in [9.17, 15) is 9.59 Å². The van der Waals surface area contributed by atoms with Crippen LogP contribution in [0.5, 0.6) is 5.75 Å². The van der Waals surface area contributed by atoms with Crippen molar-refractivity contribution < 1.29 is 14.3 Å². The Morgan fingerprint density at radius 1 is 1.00 bits per heavy atom. The van der Waals surface area contributed by atoms with Crippen molar-refractivity contribution in [1.82, 2.24) is 5.32 Å². The maximum absolute atomic E-state index is 11.8. The first-order valence-electron chi connectivity index (χ1n) is 7.44. The second kappa shape index (κ2) is 8.58. The zero-order chi connectivity index (χ0) is 16.5. The smallest absolute Gasteiger partial charge is 0.243 e. The summed E-state index contributed by atoms with van der Waals surface area (Å²) in [5.74, 6) is 0.241. The predicted octanol–water partition coefficient (Wildman–Crippen LogP) is 2.52. The molecular formula is C18H20N2O3. The fraction of sp³-hybridized carbons (Fsp3) is 0.222. The molecule has 0 saturated carbocycles. The molecule has 0 atom stereocenters. The molecule has 0 aliphatic carbocycles. The highest BCUT2D eigenvalue weighted by molar-refractivity contribution is 5.94. The molecule has 0 aliphatic rings. The fourth-order valence-corrected chi connectivity index (χ4v) is 1.97. The molecule has 2 rings (SSSR count). The van der Waals surface area contributed by atoms with Crippen LogP contribution in [0.1, 0.15) is 12.0 Å². The molecule has 5 nitrogen and oxygen atoms in total. The molecule has 0 saturated heterocycles. The molecule has 5 heteroatoms. The van der Waals surface area contributed by atoms with Crippen LogP contribution in [0.4, 0.5) is 5.69 Å². The number of amides is 2. The van der Waals surface area contributed by atoms with Crippen molar-refractivity contribution in [1.29, 1.82) is 0 Å². The second-order valence-corrected chi connectivity index (χ2v) is 5.11. The maximum atomic E-state index is 11.8. The maximum Gasteiger partial charge on any atom is 0.243 e. The third kappa shape index (κ3) is 6.22. The molecule has 0 aliphatic heterocycles. The molecule has 0 bridgehead atoms. The van der Waals surface area contributed by atoms with Gasteiger partial charge in [0.15, 0.2) is 0 Å². The van der Waals surface area contributed by atoms with Crippen LogP contribution in [-0.2, 0) is 9.59 Å². The standard InChI is InChI=1S/C18H20N2O3/c1-14-6-5-7-15(12-14)20-18(22)13-19-17(21)10-11-23-16-8-3-2-4-9-16/h2-9,12H,10-11,13H2,1H3,(H,19,21)(H,20,22). The molecular weight excluding hydrogens is 292 g/mol. The van der Waals surface area contributed by atoms with Gasteiger partial charge in [-0.15, -0.1) is 0 Å². The van der Waals surface area contributed by atoms with E-state index in [0.29, 0.717) is 0 Å². The van der Waals surface area contributed by atoms with E-state index in [0.717, 1.165) is 17.0 Å². The predicted molar refractivity (Wildman–Crippen MR) is 89.4 cm³/mol. The summed E-state index contributed by atoms with van der Waals surface area (Å²) in [5, 5.41) is 5.31. The van der Waals surface area contributed by atoms with Crippen LogP contribution in [0.15, 0.2) is 54.6 Å². The van der Waals surface area contributed by atoms with Gasteiger partial charge in [-0.1, -0.05) is 30.3 Å². The van der Waals surface area contributed by atoms with Gasteiger partial charge in [0, 0.05) is 5.69 Å². The Kier molecular flexibility index (Phi) is 6.17. The summed E-state index contributed by atoms with van der Waals surface area (Å²) in [5.41, 5.74) is 1.78. The van der Waals surface area contributed by atoms with Gasteiger partial charge in [0.05, 0.1) is 19.6 Å². The lowest BCUT2D eigenvalue weighted by Gasteiger charge is -2.08. The van der Waals surface area contributed by atoms with Crippen LogP contribution in [-0.4, -0.2) is 25.0 Å². The lowest BCUT2D eigenvalue weighted by molar-refractivity contribution is -0.124. The van der Waals surface area contributed by atoms with Crippen molar-refractivity contribution >= 4 is 17.5 Å². The molecule has 0 unspecified atom stereocenters. The SMILES string of the molecule is Cc1cccc(NC(=O)CNC(=O)CCOc2ccccc2)c1. The van der Waals surface area contributed by atoms with Crippen LogP contribution < -0.4 is 15.4 Å². The Labute approximate surface area is 135 Å². The lowest BCUT2D eigenvalue weighted by atomic mass is 10.2. The molecule has 0 radical (unpaired) electrons. The molecule has 0 heterocycles. The van der Waals surface area contributed by atoms with Crippen LogP contribution in [0.2, 0.25) is 0 Å². The number of carbonyl (C=O) groups excluding carboxylic acids is 2. The number of hydrogen-bond donors (Lipinski definition) is 2. The average molecular weight is 312 g/mol. The normalized spacial score (nSPS) is 9.96. The van der Waals surface area contributed by atoms with Gasteiger partial charge in [0.1, 0.15) is 5.75 Å². The van der Waals surface area contributed by atoms with E-state index in [1.54, 1.807) is 6.07 Å². The van der Waals surface area contributed by atoms with E-state index >= 15 is 0 Å². The monoisotopic (exact) mass is 312 g/mol. The molecule has 120 valence electrons. The van der Waals surface area contributed by atoms with Crippen molar-refractivity contribution in [2.24, 2.45) is 0 Å². The van der Waals surface area contributed by atoms with Gasteiger partial charge < -0.3 is 15.4 Å². The number of hydrogen-bond acceptors (Lipinski definition) is 3. The van der Waals surface area contributed by atoms with Gasteiger partial charge in [0.2, 0.25) is 11.8 Å². The van der Waals surface area contributed by atoms with Gasteiger partial charge in [-0.05, 0) is 36.8 Å². The quantitative estimate of drug-likeness (QED) is 0.825. The first kappa shape index (κ1) is 16.5. The molecule has 0 spiro atoms. The first-order valence-corrected chi connectivity index (χ1v) is 7.44. The van der Waals surface area contributed by atoms with Crippen molar-refractivity contribution in [2.75, 3.05) is 18.5 Å². The minimum Gasteiger partial charge on any atom is -0.493 e. The molecule has 23 heavy (non-hydrogen) atoms. The average Bonchev–Trinajstić information content (AvgIpc) is 2.54. The highest BCUT2D eigenvalue weighted by Gasteiger charge is 2.06. The van der Waals surface area contributed by atoms with Crippen LogP contribution in [0.25, 0.3) is 0 Å². The van der Waals surface area contributed by atoms with E-state index < -0.39 is 0 Å². The van der Waals surface area contributed by atoms with Crippen molar-refractivity contribution in [2.45, 2.75) is 13.3 Å². The summed E-state index contributed by atoms with van der Waals surface area (Å²) in [4.78, 5) is 23.4. The third-order valence-corrected chi connectivity index (χ3v) is 3.09. The van der Waals surface area contributed by atoms with Gasteiger partial charge >= 0.3 is 0 Å². The van der Waals surface area contributed by atoms with Crippen LogP contribution in [0, 0.1) is 6.92 Å². The first-order chi connectivity index (χ1) is 11.1.